The molecule has 5 nitrogen and oxygen atoms in total. The molecule has 4 rings (SSSR count). The maximum atomic E-state index is 13.1. The number of carbonyl (C=O) groups is 1. The number of hydrogen-bond acceptors (Lipinski definition) is 4. The van der Waals surface area contributed by atoms with Crippen LogP contribution in [0.4, 0.5) is 0 Å². The minimum Gasteiger partial charge on any atom is -0.496 e. The van der Waals surface area contributed by atoms with Gasteiger partial charge in [-0.05, 0) is 42.2 Å². The van der Waals surface area contributed by atoms with E-state index in [1.54, 1.807) is 13.3 Å². The second kappa shape index (κ2) is 9.75. The molecule has 5 heteroatoms. The van der Waals surface area contributed by atoms with Crippen molar-refractivity contribution in [3.63, 3.8) is 0 Å². The number of ether oxygens (including phenoxy) is 2. The van der Waals surface area contributed by atoms with Crippen molar-refractivity contribution in [1.29, 1.82) is 0 Å². The summed E-state index contributed by atoms with van der Waals surface area (Å²) in [7, 11) is 1.68. The van der Waals surface area contributed by atoms with Gasteiger partial charge in [-0.1, -0.05) is 48.5 Å². The summed E-state index contributed by atoms with van der Waals surface area (Å²) < 4.78 is 11.6. The van der Waals surface area contributed by atoms with Gasteiger partial charge in [0, 0.05) is 43.4 Å². The van der Waals surface area contributed by atoms with E-state index in [0.717, 1.165) is 41.0 Å². The van der Waals surface area contributed by atoms with Crippen molar-refractivity contribution in [1.82, 2.24) is 10.3 Å². The highest BCUT2D eigenvalue weighted by atomic mass is 16.5. The predicted molar refractivity (Wildman–Crippen MR) is 121 cm³/mol. The minimum absolute atomic E-state index is 0.0383. The van der Waals surface area contributed by atoms with Gasteiger partial charge in [0.25, 0.3) is 5.91 Å². The van der Waals surface area contributed by atoms with Gasteiger partial charge in [-0.2, -0.15) is 0 Å². The molecule has 1 amide bonds. The van der Waals surface area contributed by atoms with Crippen molar-refractivity contribution in [2.45, 2.75) is 31.3 Å². The summed E-state index contributed by atoms with van der Waals surface area (Å²) in [4.78, 5) is 17.5. The number of methoxy groups -OCH3 is 1. The summed E-state index contributed by atoms with van der Waals surface area (Å²) in [5.74, 6) is 0.794. The van der Waals surface area contributed by atoms with Crippen LogP contribution in [0.15, 0.2) is 72.9 Å². The van der Waals surface area contributed by atoms with Crippen LogP contribution in [-0.4, -0.2) is 36.8 Å². The van der Waals surface area contributed by atoms with Gasteiger partial charge in [-0.15, -0.1) is 0 Å². The Morgan fingerprint density at radius 1 is 1.13 bits per heavy atom. The molecule has 0 bridgehead atoms. The lowest BCUT2D eigenvalue weighted by Gasteiger charge is -2.27. The Hall–Kier alpha value is -3.18. The first-order valence-electron chi connectivity index (χ1n) is 10.7. The molecule has 1 atom stereocenters. The normalized spacial score (nSPS) is 18.0. The van der Waals surface area contributed by atoms with Gasteiger partial charge in [0.15, 0.2) is 5.60 Å². The molecule has 3 aromatic rings. The second-order valence-electron chi connectivity index (χ2n) is 7.85. The van der Waals surface area contributed by atoms with Gasteiger partial charge in [0.2, 0.25) is 0 Å². The minimum atomic E-state index is -0.816. The van der Waals surface area contributed by atoms with E-state index in [1.165, 1.54) is 0 Å². The number of aromatic nitrogens is 1. The number of hydrogen-bond donors (Lipinski definition) is 1. The Balaban J connectivity index is 1.48. The summed E-state index contributed by atoms with van der Waals surface area (Å²) >= 11 is 0. The Kier molecular flexibility index (Phi) is 6.63. The van der Waals surface area contributed by atoms with Gasteiger partial charge in [-0.25, -0.2) is 0 Å². The van der Waals surface area contributed by atoms with Crippen LogP contribution in [0, 0.1) is 0 Å². The van der Waals surface area contributed by atoms with E-state index in [0.29, 0.717) is 26.0 Å². The highest BCUT2D eigenvalue weighted by Crippen LogP contribution is 2.33. The van der Waals surface area contributed by atoms with Gasteiger partial charge in [0.1, 0.15) is 5.75 Å². The van der Waals surface area contributed by atoms with Crippen LogP contribution < -0.4 is 10.1 Å². The fourth-order valence-electron chi connectivity index (χ4n) is 4.17. The second-order valence-corrected chi connectivity index (χ2v) is 7.85. The van der Waals surface area contributed by atoms with Gasteiger partial charge >= 0.3 is 0 Å². The monoisotopic (exact) mass is 416 g/mol. The van der Waals surface area contributed by atoms with Crippen molar-refractivity contribution in [3.8, 4) is 16.9 Å². The predicted octanol–water partition coefficient (Wildman–Crippen LogP) is 4.21. The number of carbonyl (C=O) groups excluding carboxylic acids is 1. The average molecular weight is 417 g/mol. The quantitative estimate of drug-likeness (QED) is 0.598. The Bertz CT molecular complexity index is 1010. The van der Waals surface area contributed by atoms with Crippen molar-refractivity contribution in [3.05, 3.63) is 84.2 Å². The fourth-order valence-corrected chi connectivity index (χ4v) is 4.17. The molecule has 2 aromatic carbocycles. The zero-order chi connectivity index (χ0) is 21.5. The van der Waals surface area contributed by atoms with Crippen molar-refractivity contribution in [2.24, 2.45) is 0 Å². The third-order valence-corrected chi connectivity index (χ3v) is 5.74. The highest BCUT2D eigenvalue weighted by molar-refractivity contribution is 5.86. The number of pyridine rings is 1. The fraction of sp³-hybridized carbons (Fsp3) is 0.308. The first-order chi connectivity index (χ1) is 15.2. The van der Waals surface area contributed by atoms with Crippen LogP contribution >= 0.6 is 0 Å². The molecule has 0 aliphatic carbocycles. The molecule has 1 aliphatic rings. The van der Waals surface area contributed by atoms with Crippen LogP contribution in [0.25, 0.3) is 11.1 Å². The number of para-hydroxylation sites is 1. The standard InChI is InChI=1S/C26H28N2O3/c1-30-24-12-3-2-11-23(24)21-9-6-8-20(18-21)19-26(14-7-17-31-26)25(29)28-16-13-22-10-4-5-15-27-22/h2-6,8-12,15,18H,7,13-14,16-17,19H2,1H3,(H,28,29)/t26-/m1/s1. The summed E-state index contributed by atoms with van der Waals surface area (Å²) in [6, 6.07) is 22.1. The molecule has 2 heterocycles. The first kappa shape index (κ1) is 21.1. The molecule has 1 aromatic heterocycles. The van der Waals surface area contributed by atoms with Crippen molar-refractivity contribution in [2.75, 3.05) is 20.3 Å². The average Bonchev–Trinajstić information content (AvgIpc) is 3.29. The van der Waals surface area contributed by atoms with Gasteiger partial charge in [-0.3, -0.25) is 9.78 Å². The number of nitrogens with one attached hydrogen (secondary N) is 1. The number of benzene rings is 2. The molecule has 0 spiro atoms. The first-order valence-corrected chi connectivity index (χ1v) is 10.7. The SMILES string of the molecule is COc1ccccc1-c1cccc(C[C@@]2(C(=O)NCCc3ccccn3)CCCO2)c1. The Labute approximate surface area is 183 Å². The van der Waals surface area contributed by atoms with Crippen LogP contribution in [0.2, 0.25) is 0 Å². The van der Waals surface area contributed by atoms with Crippen molar-refractivity contribution < 1.29 is 14.3 Å². The van der Waals surface area contributed by atoms with E-state index in [4.69, 9.17) is 9.47 Å². The van der Waals surface area contributed by atoms with E-state index in [9.17, 15) is 4.79 Å². The van der Waals surface area contributed by atoms with Crippen molar-refractivity contribution >= 4 is 5.91 Å². The lowest BCUT2D eigenvalue weighted by Crippen LogP contribution is -2.48. The van der Waals surface area contributed by atoms with Gasteiger partial charge in [0.05, 0.1) is 7.11 Å². The maximum absolute atomic E-state index is 13.1. The molecule has 1 aliphatic heterocycles. The number of amides is 1. The molecule has 31 heavy (non-hydrogen) atoms. The molecule has 160 valence electrons. The van der Waals surface area contributed by atoms with E-state index < -0.39 is 5.60 Å². The Morgan fingerprint density at radius 2 is 2.00 bits per heavy atom. The number of nitrogens with zero attached hydrogens (tertiary/aromatic N) is 1. The summed E-state index contributed by atoms with van der Waals surface area (Å²) in [5, 5.41) is 3.07. The summed E-state index contributed by atoms with van der Waals surface area (Å²) in [5.41, 5.74) is 3.33. The molecular weight excluding hydrogens is 388 g/mol. The lowest BCUT2D eigenvalue weighted by molar-refractivity contribution is -0.141. The lowest BCUT2D eigenvalue weighted by atomic mass is 9.89. The molecule has 1 saturated heterocycles. The zero-order valence-electron chi connectivity index (χ0n) is 17.8. The molecule has 0 unspecified atom stereocenters. The van der Waals surface area contributed by atoms with Crippen LogP contribution in [-0.2, 0) is 22.4 Å². The van der Waals surface area contributed by atoms with Crippen LogP contribution in [0.3, 0.4) is 0 Å². The largest absolute Gasteiger partial charge is 0.496 e. The van der Waals surface area contributed by atoms with Gasteiger partial charge < -0.3 is 14.8 Å². The Morgan fingerprint density at radius 3 is 2.77 bits per heavy atom. The zero-order valence-corrected chi connectivity index (χ0v) is 17.8. The molecule has 1 fully saturated rings. The number of rotatable bonds is 8. The summed E-state index contributed by atoms with van der Waals surface area (Å²) in [6.45, 7) is 1.15. The summed E-state index contributed by atoms with van der Waals surface area (Å²) in [6.07, 6.45) is 4.63. The van der Waals surface area contributed by atoms with E-state index in [1.807, 2.05) is 48.5 Å². The topological polar surface area (TPSA) is 60.5 Å². The third-order valence-electron chi connectivity index (χ3n) is 5.74. The van der Waals surface area contributed by atoms with Crippen LogP contribution in [0.1, 0.15) is 24.1 Å². The van der Waals surface area contributed by atoms with E-state index in [2.05, 4.69) is 28.5 Å². The molecule has 0 saturated carbocycles. The molecular formula is C26H28N2O3. The van der Waals surface area contributed by atoms with E-state index >= 15 is 0 Å². The smallest absolute Gasteiger partial charge is 0.252 e. The highest BCUT2D eigenvalue weighted by Gasteiger charge is 2.42. The third kappa shape index (κ3) is 4.94. The van der Waals surface area contributed by atoms with E-state index in [-0.39, 0.29) is 5.91 Å². The maximum Gasteiger partial charge on any atom is 0.252 e. The molecule has 1 N–H and O–H groups in total. The van der Waals surface area contributed by atoms with Crippen LogP contribution in [0.5, 0.6) is 5.75 Å². The molecule has 0 radical (unpaired) electrons.